The van der Waals surface area contributed by atoms with Crippen LogP contribution in [0, 0.1) is 0 Å². The van der Waals surface area contributed by atoms with E-state index >= 15 is 0 Å². The van der Waals surface area contributed by atoms with E-state index in [0.717, 1.165) is 18.5 Å². The zero-order valence-electron chi connectivity index (χ0n) is 16.9. The molecule has 4 rings (SSSR count). The quantitative estimate of drug-likeness (QED) is 0.838. The smallest absolute Gasteiger partial charge is 0.217 e. The van der Waals surface area contributed by atoms with E-state index in [2.05, 4.69) is 63.6 Å². The van der Waals surface area contributed by atoms with Gasteiger partial charge in [0, 0.05) is 51.4 Å². The molecule has 4 nitrogen and oxygen atoms in total. The summed E-state index contributed by atoms with van der Waals surface area (Å²) in [7, 11) is 0. The highest BCUT2D eigenvalue weighted by Crippen LogP contribution is 2.32. The first-order valence-electron chi connectivity index (χ1n) is 10.6. The molecule has 1 saturated heterocycles. The molecule has 0 bridgehead atoms. The summed E-state index contributed by atoms with van der Waals surface area (Å²) in [6, 6.07) is 18.3. The molecule has 2 aromatic carbocycles. The van der Waals surface area contributed by atoms with Gasteiger partial charge in [-0.1, -0.05) is 42.5 Å². The minimum atomic E-state index is 0.0184. The van der Waals surface area contributed by atoms with Gasteiger partial charge in [-0.2, -0.15) is 0 Å². The summed E-state index contributed by atoms with van der Waals surface area (Å²) in [5, 5.41) is 2.85. The van der Waals surface area contributed by atoms with Crippen LogP contribution in [-0.4, -0.2) is 43.0 Å². The maximum atomic E-state index is 11.0. The van der Waals surface area contributed by atoms with Crippen LogP contribution in [0.2, 0.25) is 0 Å². The molecule has 2 aliphatic heterocycles. The number of carbonyl (C=O) groups is 1. The van der Waals surface area contributed by atoms with E-state index in [4.69, 9.17) is 0 Å². The number of amides is 1. The first-order valence-corrected chi connectivity index (χ1v) is 10.6. The molecule has 1 amide bonds. The van der Waals surface area contributed by atoms with Gasteiger partial charge in [-0.3, -0.25) is 4.79 Å². The lowest BCUT2D eigenvalue weighted by atomic mass is 10.0. The van der Waals surface area contributed by atoms with Crippen LogP contribution in [0.3, 0.4) is 0 Å². The van der Waals surface area contributed by atoms with E-state index in [0.29, 0.717) is 12.6 Å². The first kappa shape index (κ1) is 19.0. The van der Waals surface area contributed by atoms with Crippen molar-refractivity contribution in [3.63, 3.8) is 0 Å². The number of nitrogens with one attached hydrogen (secondary N) is 1. The summed E-state index contributed by atoms with van der Waals surface area (Å²) < 4.78 is 0. The maximum absolute atomic E-state index is 11.0. The lowest BCUT2D eigenvalue weighted by Crippen LogP contribution is -2.44. The second-order valence-corrected chi connectivity index (χ2v) is 8.12. The van der Waals surface area contributed by atoms with Gasteiger partial charge in [-0.15, -0.1) is 0 Å². The third kappa shape index (κ3) is 4.56. The molecule has 0 saturated carbocycles. The Balaban J connectivity index is 1.22. The molecule has 0 aromatic heterocycles. The Morgan fingerprint density at radius 1 is 1.00 bits per heavy atom. The molecule has 0 aliphatic carbocycles. The van der Waals surface area contributed by atoms with E-state index < -0.39 is 0 Å². The standard InChI is InChI=1S/C24H31N3O/c1-19(28)25-18-21-8-6-20(7-9-21)10-14-26-15-12-23(13-16-26)27-17-11-22-4-2-3-5-24(22)27/h2-9,23H,10-18H2,1H3,(H,25,28). The number of para-hydroxylation sites is 1. The predicted octanol–water partition coefficient (Wildman–Crippen LogP) is 3.39. The zero-order chi connectivity index (χ0) is 19.3. The Morgan fingerprint density at radius 2 is 1.71 bits per heavy atom. The third-order valence-corrected chi connectivity index (χ3v) is 6.20. The fraction of sp³-hybridized carbons (Fsp3) is 0.458. The number of rotatable bonds is 6. The molecule has 0 unspecified atom stereocenters. The summed E-state index contributed by atoms with van der Waals surface area (Å²) >= 11 is 0. The lowest BCUT2D eigenvalue weighted by Gasteiger charge is -2.38. The first-order chi connectivity index (χ1) is 13.7. The van der Waals surface area contributed by atoms with Crippen molar-refractivity contribution in [1.29, 1.82) is 0 Å². The summed E-state index contributed by atoms with van der Waals surface area (Å²) in [6.45, 7) is 6.89. The molecule has 2 heterocycles. The number of hydrogen-bond donors (Lipinski definition) is 1. The van der Waals surface area contributed by atoms with E-state index in [9.17, 15) is 4.79 Å². The number of anilines is 1. The second kappa shape index (κ2) is 8.78. The van der Waals surface area contributed by atoms with Crippen LogP contribution < -0.4 is 10.2 Å². The van der Waals surface area contributed by atoms with Gasteiger partial charge in [0.25, 0.3) is 0 Å². The third-order valence-electron chi connectivity index (χ3n) is 6.20. The molecule has 1 fully saturated rings. The van der Waals surface area contributed by atoms with Crippen molar-refractivity contribution in [2.24, 2.45) is 0 Å². The van der Waals surface area contributed by atoms with Gasteiger partial charge in [0.1, 0.15) is 0 Å². The SMILES string of the molecule is CC(=O)NCc1ccc(CCN2CCC(N3CCc4ccccc43)CC2)cc1. The molecule has 148 valence electrons. The van der Waals surface area contributed by atoms with Crippen LogP contribution in [0.15, 0.2) is 48.5 Å². The summed E-state index contributed by atoms with van der Waals surface area (Å²) in [5.74, 6) is 0.0184. The van der Waals surface area contributed by atoms with E-state index in [1.54, 1.807) is 6.92 Å². The number of hydrogen-bond acceptors (Lipinski definition) is 3. The van der Waals surface area contributed by atoms with Crippen LogP contribution in [0.25, 0.3) is 0 Å². The van der Waals surface area contributed by atoms with Gasteiger partial charge in [-0.25, -0.2) is 0 Å². The highest BCUT2D eigenvalue weighted by molar-refractivity contribution is 5.72. The fourth-order valence-electron chi connectivity index (χ4n) is 4.54. The second-order valence-electron chi connectivity index (χ2n) is 8.12. The van der Waals surface area contributed by atoms with Gasteiger partial charge in [0.15, 0.2) is 0 Å². The van der Waals surface area contributed by atoms with Crippen molar-refractivity contribution in [2.45, 2.75) is 45.2 Å². The average Bonchev–Trinajstić information content (AvgIpc) is 3.16. The van der Waals surface area contributed by atoms with Crippen molar-refractivity contribution in [3.8, 4) is 0 Å². The summed E-state index contributed by atoms with van der Waals surface area (Å²) in [4.78, 5) is 16.3. The maximum Gasteiger partial charge on any atom is 0.217 e. The number of nitrogens with zero attached hydrogens (tertiary/aromatic N) is 2. The average molecular weight is 378 g/mol. The molecular weight excluding hydrogens is 346 g/mol. The number of fused-ring (bicyclic) bond motifs is 1. The Hall–Kier alpha value is -2.33. The number of likely N-dealkylation sites (tertiary alicyclic amines) is 1. The molecule has 0 spiro atoms. The minimum Gasteiger partial charge on any atom is -0.368 e. The predicted molar refractivity (Wildman–Crippen MR) is 115 cm³/mol. The largest absolute Gasteiger partial charge is 0.368 e. The molecule has 2 aliphatic rings. The Kier molecular flexibility index (Phi) is 5.96. The van der Waals surface area contributed by atoms with Gasteiger partial charge in [0.2, 0.25) is 5.91 Å². The molecule has 4 heteroatoms. The van der Waals surface area contributed by atoms with E-state index in [1.165, 1.54) is 55.7 Å². The van der Waals surface area contributed by atoms with Crippen molar-refractivity contribution in [3.05, 3.63) is 65.2 Å². The van der Waals surface area contributed by atoms with Gasteiger partial charge in [-0.05, 0) is 48.4 Å². The van der Waals surface area contributed by atoms with Gasteiger partial charge in [0.05, 0.1) is 0 Å². The van der Waals surface area contributed by atoms with Crippen molar-refractivity contribution in [2.75, 3.05) is 31.1 Å². The normalized spacial score (nSPS) is 17.5. The lowest BCUT2D eigenvalue weighted by molar-refractivity contribution is -0.119. The topological polar surface area (TPSA) is 35.6 Å². The monoisotopic (exact) mass is 377 g/mol. The summed E-state index contributed by atoms with van der Waals surface area (Å²) in [5.41, 5.74) is 5.53. The number of piperidine rings is 1. The number of carbonyl (C=O) groups excluding carboxylic acids is 1. The van der Waals surface area contributed by atoms with Crippen LogP contribution in [-0.2, 0) is 24.2 Å². The van der Waals surface area contributed by atoms with E-state index in [1.807, 2.05) is 0 Å². The van der Waals surface area contributed by atoms with Crippen molar-refractivity contribution in [1.82, 2.24) is 10.2 Å². The number of benzene rings is 2. The molecule has 28 heavy (non-hydrogen) atoms. The Morgan fingerprint density at radius 3 is 2.46 bits per heavy atom. The van der Waals surface area contributed by atoms with Crippen LogP contribution >= 0.6 is 0 Å². The van der Waals surface area contributed by atoms with Crippen LogP contribution in [0.4, 0.5) is 5.69 Å². The molecule has 0 radical (unpaired) electrons. The van der Waals surface area contributed by atoms with Gasteiger partial charge >= 0.3 is 0 Å². The highest BCUT2D eigenvalue weighted by Gasteiger charge is 2.28. The fourth-order valence-corrected chi connectivity index (χ4v) is 4.54. The highest BCUT2D eigenvalue weighted by atomic mass is 16.1. The molecule has 0 atom stereocenters. The van der Waals surface area contributed by atoms with E-state index in [-0.39, 0.29) is 5.91 Å². The van der Waals surface area contributed by atoms with Gasteiger partial charge < -0.3 is 15.1 Å². The van der Waals surface area contributed by atoms with Crippen LogP contribution in [0.5, 0.6) is 0 Å². The summed E-state index contributed by atoms with van der Waals surface area (Å²) in [6.07, 6.45) is 4.83. The zero-order valence-corrected chi connectivity index (χ0v) is 16.9. The van der Waals surface area contributed by atoms with Crippen molar-refractivity contribution < 1.29 is 4.79 Å². The van der Waals surface area contributed by atoms with Crippen molar-refractivity contribution >= 4 is 11.6 Å². The Labute approximate surface area is 168 Å². The minimum absolute atomic E-state index is 0.0184. The Bertz CT molecular complexity index is 794. The van der Waals surface area contributed by atoms with Crippen LogP contribution in [0.1, 0.15) is 36.5 Å². The molecule has 1 N–H and O–H groups in total. The molecule has 2 aromatic rings. The molecular formula is C24H31N3O.